The maximum atomic E-state index is 12.2. The van der Waals surface area contributed by atoms with E-state index in [-0.39, 0.29) is 5.91 Å². The van der Waals surface area contributed by atoms with Crippen molar-refractivity contribution >= 4 is 39.1 Å². The molecule has 2 aromatic rings. The van der Waals surface area contributed by atoms with Gasteiger partial charge in [-0.2, -0.15) is 0 Å². The van der Waals surface area contributed by atoms with Crippen LogP contribution in [0.5, 0.6) is 5.75 Å². The Hall–Kier alpha value is -1.52. The van der Waals surface area contributed by atoms with Crippen molar-refractivity contribution in [3.63, 3.8) is 0 Å². The third-order valence-corrected chi connectivity index (χ3v) is 3.22. The summed E-state index contributed by atoms with van der Waals surface area (Å²) >= 11 is 9.20. The molecule has 0 aliphatic rings. The summed E-state index contributed by atoms with van der Waals surface area (Å²) < 4.78 is 6.04. The predicted octanol–water partition coefficient (Wildman–Crippen LogP) is 4.36. The van der Waals surface area contributed by atoms with E-state index >= 15 is 0 Å². The van der Waals surface area contributed by atoms with E-state index in [2.05, 4.69) is 21.2 Å². The Bertz CT molecular complexity index is 616. The monoisotopic (exact) mass is 339 g/mol. The summed E-state index contributed by atoms with van der Waals surface area (Å²) in [5.41, 5.74) is 1.10. The molecule has 0 atom stereocenters. The van der Waals surface area contributed by atoms with Crippen LogP contribution in [0.4, 0.5) is 5.69 Å². The number of hydrogen-bond donors (Lipinski definition) is 1. The van der Waals surface area contributed by atoms with Crippen LogP contribution in [0.15, 0.2) is 46.9 Å². The number of anilines is 1. The van der Waals surface area contributed by atoms with Crippen molar-refractivity contribution in [1.29, 1.82) is 0 Å². The third-order valence-electron chi connectivity index (χ3n) is 2.49. The Morgan fingerprint density at radius 2 is 2.05 bits per heavy atom. The van der Waals surface area contributed by atoms with Crippen LogP contribution < -0.4 is 10.1 Å². The number of methoxy groups -OCH3 is 1. The molecule has 1 amide bonds. The second kappa shape index (κ2) is 6.08. The van der Waals surface area contributed by atoms with E-state index in [0.29, 0.717) is 22.0 Å². The van der Waals surface area contributed by atoms with Crippen LogP contribution in [-0.2, 0) is 0 Å². The van der Waals surface area contributed by atoms with E-state index in [0.717, 1.165) is 4.47 Å². The Kier molecular flexibility index (Phi) is 4.45. The molecule has 2 aromatic carbocycles. The smallest absolute Gasteiger partial charge is 0.259 e. The normalized spacial score (nSPS) is 10.1. The Labute approximate surface area is 124 Å². The van der Waals surface area contributed by atoms with Crippen LogP contribution in [0, 0.1) is 0 Å². The number of nitrogens with one attached hydrogen (secondary N) is 1. The van der Waals surface area contributed by atoms with Gasteiger partial charge in [0.2, 0.25) is 0 Å². The summed E-state index contributed by atoms with van der Waals surface area (Å²) in [6, 6.07) is 12.2. The van der Waals surface area contributed by atoms with Gasteiger partial charge in [0, 0.05) is 15.2 Å². The molecule has 0 unspecified atom stereocenters. The van der Waals surface area contributed by atoms with Gasteiger partial charge in [-0.05, 0) is 36.4 Å². The van der Waals surface area contributed by atoms with Crippen LogP contribution in [0.1, 0.15) is 10.4 Å². The minimum atomic E-state index is -0.244. The predicted molar refractivity (Wildman–Crippen MR) is 80.1 cm³/mol. The minimum Gasteiger partial charge on any atom is -0.496 e. The molecular formula is C14H11BrClNO2. The van der Waals surface area contributed by atoms with Crippen molar-refractivity contribution in [2.75, 3.05) is 12.4 Å². The number of ether oxygens (including phenoxy) is 1. The van der Waals surface area contributed by atoms with Crippen molar-refractivity contribution in [1.82, 2.24) is 0 Å². The number of carbonyl (C=O) groups is 1. The fourth-order valence-electron chi connectivity index (χ4n) is 1.62. The number of amides is 1. The van der Waals surface area contributed by atoms with E-state index in [1.54, 1.807) is 42.5 Å². The molecule has 0 radical (unpaired) electrons. The molecule has 2 rings (SSSR count). The highest BCUT2D eigenvalue weighted by Gasteiger charge is 2.12. The van der Waals surface area contributed by atoms with Crippen LogP contribution in [0.2, 0.25) is 5.02 Å². The fourth-order valence-corrected chi connectivity index (χ4v) is 2.15. The zero-order chi connectivity index (χ0) is 13.8. The van der Waals surface area contributed by atoms with E-state index in [9.17, 15) is 4.79 Å². The highest BCUT2D eigenvalue weighted by atomic mass is 79.9. The minimum absolute atomic E-state index is 0.244. The Morgan fingerprint density at radius 1 is 1.26 bits per heavy atom. The van der Waals surface area contributed by atoms with Crippen LogP contribution in [-0.4, -0.2) is 13.0 Å². The Morgan fingerprint density at radius 3 is 2.74 bits per heavy atom. The quantitative estimate of drug-likeness (QED) is 0.901. The average Bonchev–Trinajstić information content (AvgIpc) is 2.38. The van der Waals surface area contributed by atoms with Crippen molar-refractivity contribution < 1.29 is 9.53 Å². The molecule has 1 N–H and O–H groups in total. The van der Waals surface area contributed by atoms with Crippen LogP contribution >= 0.6 is 27.5 Å². The van der Waals surface area contributed by atoms with Crippen molar-refractivity contribution in [2.45, 2.75) is 0 Å². The lowest BCUT2D eigenvalue weighted by Gasteiger charge is -2.10. The number of halogens is 2. The zero-order valence-corrected chi connectivity index (χ0v) is 12.5. The fraction of sp³-hybridized carbons (Fsp3) is 0.0714. The van der Waals surface area contributed by atoms with Gasteiger partial charge < -0.3 is 10.1 Å². The highest BCUT2D eigenvalue weighted by Crippen LogP contribution is 2.24. The molecule has 0 heterocycles. The van der Waals surface area contributed by atoms with E-state index < -0.39 is 0 Å². The molecule has 0 bridgehead atoms. The maximum Gasteiger partial charge on any atom is 0.259 e. The SMILES string of the molecule is COc1cc(Br)ccc1C(=O)Nc1cccc(Cl)c1. The molecule has 0 spiro atoms. The molecule has 98 valence electrons. The van der Waals surface area contributed by atoms with Crippen LogP contribution in [0.25, 0.3) is 0 Å². The number of rotatable bonds is 3. The van der Waals surface area contributed by atoms with Gasteiger partial charge in [0.15, 0.2) is 0 Å². The Balaban J connectivity index is 2.25. The van der Waals surface area contributed by atoms with Gasteiger partial charge in [0.1, 0.15) is 5.75 Å². The molecule has 3 nitrogen and oxygen atoms in total. The third kappa shape index (κ3) is 3.49. The van der Waals surface area contributed by atoms with Gasteiger partial charge in [-0.3, -0.25) is 4.79 Å². The lowest BCUT2D eigenvalue weighted by atomic mass is 10.2. The topological polar surface area (TPSA) is 38.3 Å². The molecule has 0 aromatic heterocycles. The summed E-state index contributed by atoms with van der Waals surface area (Å²) in [7, 11) is 1.53. The first-order chi connectivity index (χ1) is 9.10. The van der Waals surface area contributed by atoms with Crippen LogP contribution in [0.3, 0.4) is 0 Å². The van der Waals surface area contributed by atoms with Gasteiger partial charge in [-0.1, -0.05) is 33.6 Å². The molecular weight excluding hydrogens is 330 g/mol. The first-order valence-electron chi connectivity index (χ1n) is 5.50. The maximum absolute atomic E-state index is 12.2. The van der Waals surface area contributed by atoms with Gasteiger partial charge in [0.05, 0.1) is 12.7 Å². The summed E-state index contributed by atoms with van der Waals surface area (Å²) in [5, 5.41) is 3.34. The first-order valence-corrected chi connectivity index (χ1v) is 6.67. The lowest BCUT2D eigenvalue weighted by molar-refractivity contribution is 0.102. The molecule has 0 saturated carbocycles. The summed E-state index contributed by atoms with van der Waals surface area (Å²) in [5.74, 6) is 0.264. The average molecular weight is 341 g/mol. The van der Waals surface area contributed by atoms with E-state index in [1.165, 1.54) is 7.11 Å². The lowest BCUT2D eigenvalue weighted by Crippen LogP contribution is -2.13. The second-order valence-electron chi connectivity index (χ2n) is 3.81. The van der Waals surface area contributed by atoms with E-state index in [1.807, 2.05) is 0 Å². The van der Waals surface area contributed by atoms with Gasteiger partial charge in [-0.15, -0.1) is 0 Å². The number of carbonyl (C=O) groups excluding carboxylic acids is 1. The molecule has 19 heavy (non-hydrogen) atoms. The van der Waals surface area contributed by atoms with Gasteiger partial charge >= 0.3 is 0 Å². The van der Waals surface area contributed by atoms with Gasteiger partial charge in [0.25, 0.3) is 5.91 Å². The largest absolute Gasteiger partial charge is 0.496 e. The number of hydrogen-bond acceptors (Lipinski definition) is 2. The summed E-state index contributed by atoms with van der Waals surface area (Å²) in [4.78, 5) is 12.2. The summed E-state index contributed by atoms with van der Waals surface area (Å²) in [6.45, 7) is 0. The molecule has 5 heteroatoms. The molecule has 0 saturated heterocycles. The highest BCUT2D eigenvalue weighted by molar-refractivity contribution is 9.10. The zero-order valence-electron chi connectivity index (χ0n) is 10.1. The summed E-state index contributed by atoms with van der Waals surface area (Å²) in [6.07, 6.45) is 0. The van der Waals surface area contributed by atoms with Crippen molar-refractivity contribution in [2.24, 2.45) is 0 Å². The molecule has 0 aliphatic heterocycles. The van der Waals surface area contributed by atoms with Gasteiger partial charge in [-0.25, -0.2) is 0 Å². The first kappa shape index (κ1) is 13.9. The van der Waals surface area contributed by atoms with E-state index in [4.69, 9.17) is 16.3 Å². The molecule has 0 fully saturated rings. The standard InChI is InChI=1S/C14H11BrClNO2/c1-19-13-7-9(15)5-6-12(13)14(18)17-11-4-2-3-10(16)8-11/h2-8H,1H3,(H,17,18). The number of benzene rings is 2. The molecule has 0 aliphatic carbocycles. The van der Waals surface area contributed by atoms with Crippen molar-refractivity contribution in [3.8, 4) is 5.75 Å². The second-order valence-corrected chi connectivity index (χ2v) is 5.16. The van der Waals surface area contributed by atoms with Crippen molar-refractivity contribution in [3.05, 3.63) is 57.5 Å².